The second-order valence-electron chi connectivity index (χ2n) is 6.59. The van der Waals surface area contributed by atoms with E-state index in [0.29, 0.717) is 28.0 Å². The summed E-state index contributed by atoms with van der Waals surface area (Å²) in [4.78, 5) is 24.2. The summed E-state index contributed by atoms with van der Waals surface area (Å²) in [5, 5.41) is 1.22. The number of halogens is 2. The molecule has 0 atom stereocenters. The molecule has 0 spiro atoms. The van der Waals surface area contributed by atoms with Crippen LogP contribution >= 0.6 is 23.2 Å². The molecular formula is C21H20Cl2N4O. The standard InChI is InChI=1S/C21H20Cl2N4O/c1-26(2)20-21(27(3)12-16-17(22)5-4-6-18(16)23)25-19(11-24-20)15-9-7-14(13-28)8-10-15/h4-11,13H,12H2,1-3H3. The lowest BCUT2D eigenvalue weighted by Gasteiger charge is -2.25. The molecule has 1 heterocycles. The Morgan fingerprint density at radius 2 is 1.61 bits per heavy atom. The first-order chi connectivity index (χ1) is 13.4. The second kappa shape index (κ2) is 8.59. The number of carbonyl (C=O) groups excluding carboxylic acids is 1. The Morgan fingerprint density at radius 3 is 2.18 bits per heavy atom. The molecule has 144 valence electrons. The summed E-state index contributed by atoms with van der Waals surface area (Å²) in [6, 6.07) is 12.7. The van der Waals surface area contributed by atoms with Crippen LogP contribution in [0.2, 0.25) is 10.0 Å². The van der Waals surface area contributed by atoms with Gasteiger partial charge < -0.3 is 9.80 Å². The number of hydrogen-bond donors (Lipinski definition) is 0. The van der Waals surface area contributed by atoms with Gasteiger partial charge in [-0.3, -0.25) is 4.79 Å². The van der Waals surface area contributed by atoms with E-state index in [9.17, 15) is 4.79 Å². The third-order valence-electron chi connectivity index (χ3n) is 4.32. The summed E-state index contributed by atoms with van der Waals surface area (Å²) in [7, 11) is 5.76. The molecule has 0 N–H and O–H groups in total. The van der Waals surface area contributed by atoms with Crippen LogP contribution in [0.25, 0.3) is 11.3 Å². The summed E-state index contributed by atoms with van der Waals surface area (Å²) < 4.78 is 0. The Morgan fingerprint density at radius 1 is 0.964 bits per heavy atom. The van der Waals surface area contributed by atoms with Crippen molar-refractivity contribution in [2.24, 2.45) is 0 Å². The molecule has 3 aromatic rings. The molecular weight excluding hydrogens is 395 g/mol. The minimum Gasteiger partial charge on any atom is -0.360 e. The SMILES string of the molecule is CN(C)c1ncc(-c2ccc(C=O)cc2)nc1N(C)Cc1c(Cl)cccc1Cl. The molecule has 3 rings (SSSR count). The first kappa shape index (κ1) is 20.1. The zero-order chi connectivity index (χ0) is 20.3. The van der Waals surface area contributed by atoms with Gasteiger partial charge in [0.25, 0.3) is 0 Å². The summed E-state index contributed by atoms with van der Waals surface area (Å²) in [6.45, 7) is 0.488. The minimum atomic E-state index is 0.488. The van der Waals surface area contributed by atoms with Crippen LogP contribution < -0.4 is 9.80 Å². The first-order valence-electron chi connectivity index (χ1n) is 8.64. The van der Waals surface area contributed by atoms with Crippen molar-refractivity contribution >= 4 is 41.1 Å². The van der Waals surface area contributed by atoms with Crippen LogP contribution in [0.15, 0.2) is 48.7 Å². The van der Waals surface area contributed by atoms with E-state index in [1.807, 2.05) is 61.3 Å². The van der Waals surface area contributed by atoms with Gasteiger partial charge in [-0.1, -0.05) is 53.5 Å². The fraction of sp³-hybridized carbons (Fsp3) is 0.190. The van der Waals surface area contributed by atoms with Crippen molar-refractivity contribution in [1.29, 1.82) is 0 Å². The minimum absolute atomic E-state index is 0.488. The van der Waals surface area contributed by atoms with Gasteiger partial charge in [-0.05, 0) is 12.1 Å². The number of anilines is 2. The van der Waals surface area contributed by atoms with Crippen molar-refractivity contribution in [3.8, 4) is 11.3 Å². The molecule has 0 aliphatic heterocycles. The fourth-order valence-corrected chi connectivity index (χ4v) is 3.33. The Labute approximate surface area is 174 Å². The highest BCUT2D eigenvalue weighted by Crippen LogP contribution is 2.31. The third kappa shape index (κ3) is 4.26. The molecule has 0 unspecified atom stereocenters. The molecule has 0 aliphatic carbocycles. The predicted molar refractivity (Wildman–Crippen MR) is 116 cm³/mol. The zero-order valence-corrected chi connectivity index (χ0v) is 17.4. The summed E-state index contributed by atoms with van der Waals surface area (Å²) in [5.41, 5.74) is 3.05. The summed E-state index contributed by atoms with van der Waals surface area (Å²) >= 11 is 12.7. The van der Waals surface area contributed by atoms with Crippen LogP contribution in [0.5, 0.6) is 0 Å². The van der Waals surface area contributed by atoms with Crippen LogP contribution in [-0.2, 0) is 6.54 Å². The van der Waals surface area contributed by atoms with E-state index in [4.69, 9.17) is 28.2 Å². The van der Waals surface area contributed by atoms with Crippen molar-refractivity contribution < 1.29 is 4.79 Å². The number of carbonyl (C=O) groups is 1. The molecule has 0 aliphatic rings. The Hall–Kier alpha value is -2.63. The molecule has 2 aromatic carbocycles. The molecule has 0 radical (unpaired) electrons. The van der Waals surface area contributed by atoms with E-state index in [1.165, 1.54) is 0 Å². The van der Waals surface area contributed by atoms with E-state index >= 15 is 0 Å². The maximum atomic E-state index is 10.9. The van der Waals surface area contributed by atoms with Gasteiger partial charge in [0.15, 0.2) is 11.6 Å². The van der Waals surface area contributed by atoms with E-state index < -0.39 is 0 Å². The normalized spacial score (nSPS) is 10.6. The predicted octanol–water partition coefficient (Wildman–Crippen LogP) is 4.97. The van der Waals surface area contributed by atoms with Gasteiger partial charge in [0.05, 0.1) is 11.9 Å². The maximum Gasteiger partial charge on any atom is 0.172 e. The Bertz CT molecular complexity index is 970. The number of aldehydes is 1. The lowest BCUT2D eigenvalue weighted by Crippen LogP contribution is -2.23. The van der Waals surface area contributed by atoms with Crippen molar-refractivity contribution in [2.75, 3.05) is 30.9 Å². The first-order valence-corrected chi connectivity index (χ1v) is 9.40. The van der Waals surface area contributed by atoms with Crippen molar-refractivity contribution in [3.05, 3.63) is 69.8 Å². The van der Waals surface area contributed by atoms with Gasteiger partial charge in [0.2, 0.25) is 0 Å². The zero-order valence-electron chi connectivity index (χ0n) is 15.9. The van der Waals surface area contributed by atoms with Gasteiger partial charge in [-0.2, -0.15) is 0 Å². The van der Waals surface area contributed by atoms with E-state index in [2.05, 4.69) is 4.98 Å². The van der Waals surface area contributed by atoms with E-state index in [1.54, 1.807) is 18.3 Å². The molecule has 1 aromatic heterocycles. The number of aromatic nitrogens is 2. The summed E-state index contributed by atoms with van der Waals surface area (Å²) in [5.74, 6) is 1.44. The van der Waals surface area contributed by atoms with Gasteiger partial charge >= 0.3 is 0 Å². The molecule has 0 saturated carbocycles. The van der Waals surface area contributed by atoms with Crippen LogP contribution in [0.1, 0.15) is 15.9 Å². The highest BCUT2D eigenvalue weighted by molar-refractivity contribution is 6.36. The average Bonchev–Trinajstić information content (AvgIpc) is 2.70. The Kier molecular flexibility index (Phi) is 6.17. The quantitative estimate of drug-likeness (QED) is 0.533. The number of hydrogen-bond acceptors (Lipinski definition) is 5. The van der Waals surface area contributed by atoms with E-state index in [0.717, 1.165) is 28.9 Å². The number of rotatable bonds is 6. The monoisotopic (exact) mass is 414 g/mol. The molecule has 0 bridgehead atoms. The van der Waals surface area contributed by atoms with Crippen molar-refractivity contribution in [3.63, 3.8) is 0 Å². The summed E-state index contributed by atoms with van der Waals surface area (Å²) in [6.07, 6.45) is 2.54. The van der Waals surface area contributed by atoms with Crippen molar-refractivity contribution in [1.82, 2.24) is 9.97 Å². The molecule has 28 heavy (non-hydrogen) atoms. The van der Waals surface area contributed by atoms with Gasteiger partial charge in [0.1, 0.15) is 6.29 Å². The third-order valence-corrected chi connectivity index (χ3v) is 5.03. The highest BCUT2D eigenvalue weighted by atomic mass is 35.5. The maximum absolute atomic E-state index is 10.9. The van der Waals surface area contributed by atoms with Crippen molar-refractivity contribution in [2.45, 2.75) is 6.54 Å². The lowest BCUT2D eigenvalue weighted by atomic mass is 10.1. The smallest absolute Gasteiger partial charge is 0.172 e. The van der Waals surface area contributed by atoms with Crippen LogP contribution in [0.4, 0.5) is 11.6 Å². The highest BCUT2D eigenvalue weighted by Gasteiger charge is 2.17. The van der Waals surface area contributed by atoms with Crippen LogP contribution in [0, 0.1) is 0 Å². The molecule has 7 heteroatoms. The Balaban J connectivity index is 2.00. The van der Waals surface area contributed by atoms with Crippen LogP contribution in [0.3, 0.4) is 0 Å². The van der Waals surface area contributed by atoms with Gasteiger partial charge in [-0.25, -0.2) is 9.97 Å². The fourth-order valence-electron chi connectivity index (χ4n) is 2.81. The topological polar surface area (TPSA) is 49.3 Å². The lowest BCUT2D eigenvalue weighted by molar-refractivity contribution is 0.112. The molecule has 5 nitrogen and oxygen atoms in total. The second-order valence-corrected chi connectivity index (χ2v) is 7.41. The largest absolute Gasteiger partial charge is 0.360 e. The van der Waals surface area contributed by atoms with Crippen LogP contribution in [-0.4, -0.2) is 37.4 Å². The van der Waals surface area contributed by atoms with Gasteiger partial charge in [-0.15, -0.1) is 0 Å². The molecule has 0 fully saturated rings. The molecule has 0 amide bonds. The number of benzene rings is 2. The average molecular weight is 415 g/mol. The molecule has 0 saturated heterocycles. The van der Waals surface area contributed by atoms with E-state index in [-0.39, 0.29) is 0 Å². The number of nitrogens with zero attached hydrogens (tertiary/aromatic N) is 4. The van der Waals surface area contributed by atoms with Gasteiger partial charge in [0, 0.05) is 54.4 Å².